The van der Waals surface area contributed by atoms with Gasteiger partial charge in [-0.05, 0) is 76.0 Å². The molecule has 0 radical (unpaired) electrons. The first-order chi connectivity index (χ1) is 24.0. The fourth-order valence-electron chi connectivity index (χ4n) is 7.99. The number of benzene rings is 2. The first-order valence-corrected chi connectivity index (χ1v) is 18.3. The SMILES string of the molecule is CCOP(=O)(OCC)C(Nc1cc(N(C)C)c2c(c1O)C(=O)C1C(=O)[C@@]3(O)C(=O)C(C(N)=O)C(=O)[C@H](N(C)C)[C@H]3C[C@H]1C2)c1ccc(OC)cc1. The molecule has 5 rings (SSSR count). The molecule has 3 aliphatic rings. The van der Waals surface area contributed by atoms with Gasteiger partial charge in [0, 0.05) is 25.7 Å². The van der Waals surface area contributed by atoms with E-state index in [1.54, 1.807) is 63.2 Å². The Kier molecular flexibility index (Phi) is 10.5. The van der Waals surface area contributed by atoms with Gasteiger partial charge >= 0.3 is 7.60 Å². The molecule has 15 nitrogen and oxygen atoms in total. The fraction of sp³-hybridized carbons (Fsp3) is 0.514. The minimum Gasteiger partial charge on any atom is -0.505 e. The zero-order valence-electron chi connectivity index (χ0n) is 29.7. The second kappa shape index (κ2) is 14.1. The number of rotatable bonds is 12. The number of nitrogens with two attached hydrogens (primary N) is 1. The van der Waals surface area contributed by atoms with Crippen molar-refractivity contribution in [2.45, 2.75) is 44.1 Å². The van der Waals surface area contributed by atoms with Gasteiger partial charge < -0.3 is 39.9 Å². The highest BCUT2D eigenvalue weighted by molar-refractivity contribution is 7.54. The maximum absolute atomic E-state index is 14.5. The smallest absolute Gasteiger partial charge is 0.357 e. The summed E-state index contributed by atoms with van der Waals surface area (Å²) in [7, 11) is 4.02. The van der Waals surface area contributed by atoms with E-state index in [9.17, 15) is 38.8 Å². The van der Waals surface area contributed by atoms with Crippen LogP contribution in [-0.2, 0) is 39.2 Å². The molecule has 7 atom stereocenters. The molecule has 2 aromatic carbocycles. The standard InChI is InChI=1S/C35H45N4O11P/c1-8-49-51(47,50-9-2)34(17-10-12-19(48-7)13-11-17)37-22-16-23(38(3)4)20-14-18-15-21-27(39(5)6)30(42)26(33(36)45)32(44)35(21,46)31(43)24(18)29(41)25(20)28(22)40/h10-13,16,18,21,24,26-27,34,37,40,46H,8-9,14-15H2,1-7H3,(H2,36,45)/t18-,21-,24?,26?,27-,34?,35-/m1/s1. The van der Waals surface area contributed by atoms with E-state index in [-0.39, 0.29) is 37.3 Å². The van der Waals surface area contributed by atoms with Gasteiger partial charge in [-0.2, -0.15) is 0 Å². The Labute approximate surface area is 295 Å². The second-order valence-corrected chi connectivity index (χ2v) is 15.6. The van der Waals surface area contributed by atoms with Crippen molar-refractivity contribution in [1.29, 1.82) is 0 Å². The Balaban J connectivity index is 1.66. The second-order valence-electron chi connectivity index (χ2n) is 13.5. The lowest BCUT2D eigenvalue weighted by molar-refractivity contribution is -0.181. The number of nitrogens with one attached hydrogen (secondary N) is 1. The number of carbonyl (C=O) groups is 5. The monoisotopic (exact) mass is 728 g/mol. The molecule has 0 heterocycles. The fourth-order valence-corrected chi connectivity index (χ4v) is 9.91. The van der Waals surface area contributed by atoms with Gasteiger partial charge in [-0.3, -0.25) is 33.4 Å². The van der Waals surface area contributed by atoms with Crippen LogP contribution in [0.15, 0.2) is 30.3 Å². The minimum atomic E-state index is -4.00. The summed E-state index contributed by atoms with van der Waals surface area (Å²) in [5.74, 6) is -12.3. The number of Topliss-reactive ketones (excluding diaryl/α,β-unsaturated/α-hetero) is 4. The van der Waals surface area contributed by atoms with Crippen molar-refractivity contribution < 1.29 is 52.5 Å². The number of nitrogens with zero attached hydrogens (tertiary/aromatic N) is 2. The van der Waals surface area contributed by atoms with Crippen LogP contribution in [0.4, 0.5) is 11.4 Å². The molecule has 0 aliphatic heterocycles. The Hall–Kier alpha value is -4.14. The van der Waals surface area contributed by atoms with Crippen LogP contribution in [0.25, 0.3) is 0 Å². The number of ether oxygens (including phenoxy) is 1. The van der Waals surface area contributed by atoms with Gasteiger partial charge in [-0.15, -0.1) is 0 Å². The molecule has 1 amide bonds. The number of aromatic hydroxyl groups is 1. The lowest BCUT2D eigenvalue weighted by Gasteiger charge is -2.52. The highest BCUT2D eigenvalue weighted by atomic mass is 31.2. The molecule has 3 aliphatic carbocycles. The molecule has 276 valence electrons. The third-order valence-electron chi connectivity index (χ3n) is 10.2. The van der Waals surface area contributed by atoms with E-state index < -0.39 is 83.5 Å². The lowest BCUT2D eigenvalue weighted by Crippen LogP contribution is -2.74. The summed E-state index contributed by atoms with van der Waals surface area (Å²) in [5.41, 5.74) is 3.70. The molecule has 0 saturated heterocycles. The van der Waals surface area contributed by atoms with Crippen LogP contribution in [-0.4, -0.2) is 104 Å². The molecule has 3 unspecified atom stereocenters. The zero-order valence-corrected chi connectivity index (χ0v) is 30.6. The Morgan fingerprint density at radius 3 is 2.18 bits per heavy atom. The summed E-state index contributed by atoms with van der Waals surface area (Å²) in [6, 6.07) is 7.01. The summed E-state index contributed by atoms with van der Waals surface area (Å²) in [6.07, 6.45) is -0.00551. The van der Waals surface area contributed by atoms with Crippen molar-refractivity contribution >= 4 is 48.0 Å². The van der Waals surface area contributed by atoms with E-state index in [4.69, 9.17) is 19.5 Å². The first kappa shape index (κ1) is 38.1. The molecular weight excluding hydrogens is 683 g/mol. The number of likely N-dealkylation sites (N-methyl/N-ethyl adjacent to an activating group) is 1. The summed E-state index contributed by atoms with van der Waals surface area (Å²) in [5, 5.41) is 26.9. The highest BCUT2D eigenvalue weighted by Crippen LogP contribution is 2.62. The van der Waals surface area contributed by atoms with E-state index in [0.29, 0.717) is 22.6 Å². The minimum absolute atomic E-state index is 0.0228. The van der Waals surface area contributed by atoms with Gasteiger partial charge in [0.15, 0.2) is 40.4 Å². The third kappa shape index (κ3) is 6.14. The number of fused-ring (bicyclic) bond motifs is 3. The third-order valence-corrected chi connectivity index (χ3v) is 12.5. The predicted octanol–water partition coefficient (Wildman–Crippen LogP) is 2.32. The summed E-state index contributed by atoms with van der Waals surface area (Å²) < 4.78 is 31.0. The van der Waals surface area contributed by atoms with Crippen molar-refractivity contribution in [3.63, 3.8) is 0 Å². The maximum atomic E-state index is 14.5. The summed E-state index contributed by atoms with van der Waals surface area (Å²) in [4.78, 5) is 71.4. The van der Waals surface area contributed by atoms with E-state index in [1.807, 2.05) is 0 Å². The molecule has 0 bridgehead atoms. The number of aliphatic hydroxyl groups is 1. The molecule has 2 aromatic rings. The largest absolute Gasteiger partial charge is 0.505 e. The number of phenolic OH excluding ortho intramolecular Hbond substituents is 1. The van der Waals surface area contributed by atoms with E-state index in [2.05, 4.69) is 5.32 Å². The molecule has 0 spiro atoms. The average molecular weight is 729 g/mol. The van der Waals surface area contributed by atoms with Crippen molar-refractivity contribution in [3.8, 4) is 11.5 Å². The Morgan fingerprint density at radius 2 is 1.67 bits per heavy atom. The van der Waals surface area contributed by atoms with Crippen LogP contribution < -0.4 is 20.7 Å². The summed E-state index contributed by atoms with van der Waals surface area (Å²) >= 11 is 0. The normalized spacial score (nSPS) is 26.6. The Bertz CT molecular complexity index is 1800. The van der Waals surface area contributed by atoms with E-state index in [1.165, 1.54) is 26.1 Å². The molecule has 2 fully saturated rings. The van der Waals surface area contributed by atoms with Crippen LogP contribution in [0.1, 0.15) is 47.5 Å². The maximum Gasteiger partial charge on any atom is 0.357 e. The number of ketones is 4. The highest BCUT2D eigenvalue weighted by Gasteiger charge is 2.69. The van der Waals surface area contributed by atoms with Crippen LogP contribution in [0.3, 0.4) is 0 Å². The lowest BCUT2D eigenvalue weighted by atomic mass is 9.52. The van der Waals surface area contributed by atoms with Gasteiger partial charge in [0.25, 0.3) is 0 Å². The number of methoxy groups -OCH3 is 1. The number of carbonyl (C=O) groups excluding carboxylic acids is 5. The zero-order chi connectivity index (χ0) is 37.7. The number of amides is 1. The molecular formula is C35H45N4O11P. The molecule has 0 aromatic heterocycles. The quantitative estimate of drug-likeness (QED) is 0.140. The van der Waals surface area contributed by atoms with Gasteiger partial charge in [0.1, 0.15) is 11.5 Å². The molecule has 2 saturated carbocycles. The van der Waals surface area contributed by atoms with Gasteiger partial charge in [0.05, 0.1) is 43.5 Å². The average Bonchev–Trinajstić information content (AvgIpc) is 3.05. The van der Waals surface area contributed by atoms with Gasteiger partial charge in [-0.25, -0.2) is 0 Å². The van der Waals surface area contributed by atoms with Crippen molar-refractivity contribution in [1.82, 2.24) is 4.90 Å². The van der Waals surface area contributed by atoms with Gasteiger partial charge in [-0.1, -0.05) is 12.1 Å². The first-order valence-electron chi connectivity index (χ1n) is 16.7. The molecule has 51 heavy (non-hydrogen) atoms. The summed E-state index contributed by atoms with van der Waals surface area (Å²) in [6.45, 7) is 3.39. The topological polar surface area (TPSA) is 215 Å². The molecule has 16 heteroatoms. The number of hydrogen-bond acceptors (Lipinski definition) is 14. The van der Waals surface area contributed by atoms with Crippen LogP contribution in [0.2, 0.25) is 0 Å². The predicted molar refractivity (Wildman–Crippen MR) is 186 cm³/mol. The van der Waals surface area contributed by atoms with E-state index in [0.717, 1.165) is 0 Å². The van der Waals surface area contributed by atoms with Crippen molar-refractivity contribution in [2.75, 3.05) is 58.7 Å². The Morgan fingerprint density at radius 1 is 1.06 bits per heavy atom. The number of primary amides is 1. The van der Waals surface area contributed by atoms with Crippen LogP contribution in [0, 0.1) is 23.7 Å². The van der Waals surface area contributed by atoms with Crippen molar-refractivity contribution in [2.24, 2.45) is 29.4 Å². The van der Waals surface area contributed by atoms with Crippen LogP contribution in [0.5, 0.6) is 11.5 Å². The van der Waals surface area contributed by atoms with Crippen molar-refractivity contribution in [3.05, 3.63) is 47.0 Å². The number of phenols is 1. The number of hydrogen-bond donors (Lipinski definition) is 4. The van der Waals surface area contributed by atoms with Gasteiger partial charge in [0.2, 0.25) is 5.91 Å². The molecule has 5 N–H and O–H groups in total. The van der Waals surface area contributed by atoms with Crippen LogP contribution >= 0.6 is 7.60 Å². The number of anilines is 2. The van der Waals surface area contributed by atoms with E-state index >= 15 is 0 Å².